The fraction of sp³-hybridized carbons (Fsp3) is 0.333. The van der Waals surface area contributed by atoms with Crippen molar-refractivity contribution in [1.82, 2.24) is 10.2 Å². The number of rotatable bonds is 2. The fourth-order valence-corrected chi connectivity index (χ4v) is 2.07. The van der Waals surface area contributed by atoms with Crippen molar-refractivity contribution < 1.29 is 5.11 Å². The molecule has 0 amide bonds. The van der Waals surface area contributed by atoms with Crippen LogP contribution < -0.4 is 0 Å². The Hall–Kier alpha value is -1.74. The normalized spacial score (nSPS) is 12.5. The highest BCUT2D eigenvalue weighted by Gasteiger charge is 2.16. The molecule has 0 saturated carbocycles. The number of hydrogen-bond acceptors (Lipinski definition) is 3. The number of aliphatic hydroxyl groups is 1. The van der Waals surface area contributed by atoms with Crippen molar-refractivity contribution in [2.75, 3.05) is 0 Å². The lowest BCUT2D eigenvalue weighted by Crippen LogP contribution is -2.07. The first kappa shape index (κ1) is 12.7. The third-order valence-corrected chi connectivity index (χ3v) is 3.16. The molecule has 0 aliphatic heterocycles. The smallest absolute Gasteiger partial charge is 0.106 e. The van der Waals surface area contributed by atoms with Gasteiger partial charge in [0.05, 0.1) is 11.4 Å². The van der Waals surface area contributed by atoms with E-state index in [-0.39, 0.29) is 0 Å². The maximum Gasteiger partial charge on any atom is 0.106 e. The summed E-state index contributed by atoms with van der Waals surface area (Å²) in [6.45, 7) is 7.79. The van der Waals surface area contributed by atoms with Crippen molar-refractivity contribution >= 4 is 0 Å². The van der Waals surface area contributed by atoms with Crippen LogP contribution in [0.5, 0.6) is 0 Å². The van der Waals surface area contributed by atoms with E-state index in [1.54, 1.807) is 0 Å². The van der Waals surface area contributed by atoms with Crippen LogP contribution in [0.4, 0.5) is 0 Å². The molecule has 18 heavy (non-hydrogen) atoms. The lowest BCUT2D eigenvalue weighted by atomic mass is 9.95. The molecule has 2 aromatic rings. The highest BCUT2D eigenvalue weighted by molar-refractivity contribution is 5.38. The number of aromatic nitrogens is 2. The molecule has 1 atom stereocenters. The maximum absolute atomic E-state index is 10.5. The first-order valence-corrected chi connectivity index (χ1v) is 6.05. The summed E-state index contributed by atoms with van der Waals surface area (Å²) < 4.78 is 0. The summed E-state index contributed by atoms with van der Waals surface area (Å²) in [6.07, 6.45) is -0.640. The van der Waals surface area contributed by atoms with Crippen molar-refractivity contribution in [2.24, 2.45) is 0 Å². The van der Waals surface area contributed by atoms with E-state index in [0.29, 0.717) is 0 Å². The summed E-state index contributed by atoms with van der Waals surface area (Å²) >= 11 is 0. The summed E-state index contributed by atoms with van der Waals surface area (Å²) in [4.78, 5) is 0. The van der Waals surface area contributed by atoms with Gasteiger partial charge in [0.2, 0.25) is 0 Å². The molecule has 3 heteroatoms. The maximum atomic E-state index is 10.5. The van der Waals surface area contributed by atoms with E-state index in [2.05, 4.69) is 16.3 Å². The number of aliphatic hydroxyl groups excluding tert-OH is 1. The molecule has 0 saturated heterocycles. The summed E-state index contributed by atoms with van der Waals surface area (Å²) in [5.41, 5.74) is 5.59. The summed E-state index contributed by atoms with van der Waals surface area (Å²) in [5.74, 6) is 0. The van der Waals surface area contributed by atoms with Gasteiger partial charge in [-0.05, 0) is 44.9 Å². The third-order valence-electron chi connectivity index (χ3n) is 3.16. The van der Waals surface area contributed by atoms with Gasteiger partial charge in [-0.25, -0.2) is 0 Å². The minimum absolute atomic E-state index is 0.640. The van der Waals surface area contributed by atoms with Crippen LogP contribution in [-0.4, -0.2) is 15.3 Å². The summed E-state index contributed by atoms with van der Waals surface area (Å²) in [6, 6.07) is 8.00. The third kappa shape index (κ3) is 2.41. The van der Waals surface area contributed by atoms with Crippen molar-refractivity contribution in [3.05, 3.63) is 57.9 Å². The molecule has 1 N–H and O–H groups in total. The van der Waals surface area contributed by atoms with Crippen LogP contribution in [0.2, 0.25) is 0 Å². The highest BCUT2D eigenvalue weighted by atomic mass is 16.3. The Labute approximate surface area is 108 Å². The zero-order chi connectivity index (χ0) is 13.3. The molecule has 3 nitrogen and oxygen atoms in total. The van der Waals surface area contributed by atoms with Gasteiger partial charge in [-0.2, -0.15) is 10.2 Å². The average Bonchev–Trinajstić information content (AvgIpc) is 2.34. The van der Waals surface area contributed by atoms with E-state index in [0.717, 1.165) is 33.6 Å². The van der Waals surface area contributed by atoms with Crippen LogP contribution in [0, 0.1) is 27.7 Å². The van der Waals surface area contributed by atoms with Crippen LogP contribution >= 0.6 is 0 Å². The van der Waals surface area contributed by atoms with Crippen molar-refractivity contribution in [3.8, 4) is 0 Å². The van der Waals surface area contributed by atoms with Crippen molar-refractivity contribution in [3.63, 3.8) is 0 Å². The number of aryl methyl sites for hydroxylation is 4. The second-order valence-electron chi connectivity index (χ2n) is 4.79. The Kier molecular flexibility index (Phi) is 3.43. The Morgan fingerprint density at radius 3 is 2.39 bits per heavy atom. The molecule has 0 fully saturated rings. The van der Waals surface area contributed by atoms with Crippen LogP contribution in [-0.2, 0) is 0 Å². The molecule has 94 valence electrons. The predicted octanol–water partition coefficient (Wildman–Crippen LogP) is 2.79. The molecule has 1 aromatic heterocycles. The fourth-order valence-electron chi connectivity index (χ4n) is 2.07. The molecule has 0 bridgehead atoms. The van der Waals surface area contributed by atoms with E-state index in [1.165, 1.54) is 0 Å². The molecule has 0 spiro atoms. The molecular weight excluding hydrogens is 224 g/mol. The standard InChI is InChI=1S/C15H18N2O/c1-9-5-6-10(2)13(7-9)15(18)14-8-11(3)16-17-12(14)4/h5-8,15,18H,1-4H3. The van der Waals surface area contributed by atoms with Gasteiger partial charge < -0.3 is 5.11 Å². The molecule has 0 aliphatic rings. The van der Waals surface area contributed by atoms with E-state index < -0.39 is 6.10 Å². The van der Waals surface area contributed by atoms with Gasteiger partial charge in [-0.3, -0.25) is 0 Å². The van der Waals surface area contributed by atoms with Gasteiger partial charge in [0.25, 0.3) is 0 Å². The summed E-state index contributed by atoms with van der Waals surface area (Å²) in [5, 5.41) is 18.6. The van der Waals surface area contributed by atoms with Gasteiger partial charge in [-0.15, -0.1) is 0 Å². The summed E-state index contributed by atoms with van der Waals surface area (Å²) in [7, 11) is 0. The zero-order valence-corrected chi connectivity index (χ0v) is 11.2. The molecule has 1 unspecified atom stereocenters. The van der Waals surface area contributed by atoms with E-state index in [4.69, 9.17) is 0 Å². The molecule has 1 aromatic carbocycles. The molecule has 1 heterocycles. The van der Waals surface area contributed by atoms with E-state index in [1.807, 2.05) is 45.9 Å². The Balaban J connectivity index is 2.50. The first-order chi connectivity index (χ1) is 8.49. The number of hydrogen-bond donors (Lipinski definition) is 1. The Morgan fingerprint density at radius 2 is 1.67 bits per heavy atom. The largest absolute Gasteiger partial charge is 0.384 e. The minimum atomic E-state index is -0.640. The predicted molar refractivity (Wildman–Crippen MR) is 71.5 cm³/mol. The van der Waals surface area contributed by atoms with Gasteiger partial charge in [0, 0.05) is 5.56 Å². The lowest BCUT2D eigenvalue weighted by molar-refractivity contribution is 0.217. The molecular formula is C15H18N2O. The van der Waals surface area contributed by atoms with Gasteiger partial charge >= 0.3 is 0 Å². The van der Waals surface area contributed by atoms with Gasteiger partial charge in [0.15, 0.2) is 0 Å². The van der Waals surface area contributed by atoms with Crippen LogP contribution in [0.1, 0.15) is 39.7 Å². The second kappa shape index (κ2) is 4.86. The number of benzene rings is 1. The van der Waals surface area contributed by atoms with Crippen LogP contribution in [0.15, 0.2) is 24.3 Å². The average molecular weight is 242 g/mol. The SMILES string of the molecule is Cc1ccc(C)c(C(O)c2cc(C)nnc2C)c1. The molecule has 0 radical (unpaired) electrons. The van der Waals surface area contributed by atoms with E-state index >= 15 is 0 Å². The van der Waals surface area contributed by atoms with E-state index in [9.17, 15) is 5.11 Å². The number of nitrogens with zero attached hydrogens (tertiary/aromatic N) is 2. The lowest BCUT2D eigenvalue weighted by Gasteiger charge is -2.16. The van der Waals surface area contributed by atoms with Crippen LogP contribution in [0.25, 0.3) is 0 Å². The van der Waals surface area contributed by atoms with Crippen molar-refractivity contribution in [1.29, 1.82) is 0 Å². The monoisotopic (exact) mass is 242 g/mol. The zero-order valence-electron chi connectivity index (χ0n) is 11.2. The van der Waals surface area contributed by atoms with Crippen molar-refractivity contribution in [2.45, 2.75) is 33.8 Å². The Bertz CT molecular complexity index is 527. The first-order valence-electron chi connectivity index (χ1n) is 6.05. The second-order valence-corrected chi connectivity index (χ2v) is 4.79. The highest BCUT2D eigenvalue weighted by Crippen LogP contribution is 2.27. The minimum Gasteiger partial charge on any atom is -0.384 e. The van der Waals surface area contributed by atoms with Gasteiger partial charge in [0.1, 0.15) is 6.10 Å². The van der Waals surface area contributed by atoms with Gasteiger partial charge in [-0.1, -0.05) is 23.8 Å². The molecule has 2 rings (SSSR count). The molecule has 0 aliphatic carbocycles. The topological polar surface area (TPSA) is 46.0 Å². The Morgan fingerprint density at radius 1 is 0.944 bits per heavy atom. The quantitative estimate of drug-likeness (QED) is 0.880. The van der Waals surface area contributed by atoms with Crippen LogP contribution in [0.3, 0.4) is 0 Å².